The summed E-state index contributed by atoms with van der Waals surface area (Å²) in [5.74, 6) is 4.15. The second-order valence-electron chi connectivity index (χ2n) is 8.78. The van der Waals surface area contributed by atoms with Gasteiger partial charge >= 0.3 is 0 Å². The summed E-state index contributed by atoms with van der Waals surface area (Å²) in [5, 5.41) is 0. The molecule has 2 rings (SSSR count). The summed E-state index contributed by atoms with van der Waals surface area (Å²) in [5.41, 5.74) is 1.49. The number of oxazole rings is 1. The maximum Gasteiger partial charge on any atom is 0.266 e. The molecule has 0 aliphatic carbocycles. The normalized spacial score (nSPS) is 13.6. The van der Waals surface area contributed by atoms with Gasteiger partial charge in [0.1, 0.15) is 11.5 Å². The number of aromatic amines is 1. The predicted molar refractivity (Wildman–Crippen MR) is 114 cm³/mol. The van der Waals surface area contributed by atoms with E-state index in [2.05, 4.69) is 64.7 Å². The van der Waals surface area contributed by atoms with E-state index in [0.29, 0.717) is 17.4 Å². The maximum atomic E-state index is 6.30. The van der Waals surface area contributed by atoms with Crippen molar-refractivity contribution in [3.8, 4) is 5.75 Å². The molecule has 0 saturated heterocycles. The van der Waals surface area contributed by atoms with E-state index >= 15 is 0 Å². The van der Waals surface area contributed by atoms with Crippen LogP contribution >= 0.6 is 24.0 Å². The number of rotatable bonds is 7. The predicted octanol–water partition coefficient (Wildman–Crippen LogP) is 6.61. The monoisotopic (exact) mass is 393 g/mol. The number of para-hydroxylation sites is 1. The summed E-state index contributed by atoms with van der Waals surface area (Å²) in [6, 6.07) is 8.37. The lowest BCUT2D eigenvalue weighted by atomic mass is 9.82. The summed E-state index contributed by atoms with van der Waals surface area (Å²) in [7, 11) is 0. The molecule has 5 heteroatoms. The summed E-state index contributed by atoms with van der Waals surface area (Å²) in [6.45, 7) is 14.2. The van der Waals surface area contributed by atoms with E-state index in [-0.39, 0.29) is 10.8 Å². The molecule has 0 amide bonds. The lowest BCUT2D eigenvalue weighted by Gasteiger charge is -2.31. The van der Waals surface area contributed by atoms with Crippen LogP contribution in [0.3, 0.4) is 0 Å². The van der Waals surface area contributed by atoms with Crippen molar-refractivity contribution in [2.45, 2.75) is 52.7 Å². The Balaban J connectivity index is 1.99. The van der Waals surface area contributed by atoms with Crippen LogP contribution in [0.2, 0.25) is 0 Å². The molecule has 1 aromatic heterocycles. The van der Waals surface area contributed by atoms with Crippen molar-refractivity contribution in [3.63, 3.8) is 0 Å². The Morgan fingerprint density at radius 3 is 2.42 bits per heavy atom. The van der Waals surface area contributed by atoms with E-state index in [1.807, 2.05) is 24.0 Å². The van der Waals surface area contributed by atoms with Gasteiger partial charge in [-0.25, -0.2) is 0 Å². The molecule has 0 saturated carbocycles. The van der Waals surface area contributed by atoms with Gasteiger partial charge in [0.2, 0.25) is 0 Å². The smallest absolute Gasteiger partial charge is 0.266 e. The Labute approximate surface area is 166 Å². The fourth-order valence-electron chi connectivity index (χ4n) is 2.64. The zero-order valence-electron chi connectivity index (χ0n) is 16.7. The second kappa shape index (κ2) is 8.66. The van der Waals surface area contributed by atoms with E-state index in [0.717, 1.165) is 23.0 Å². The largest absolute Gasteiger partial charge is 0.493 e. The first-order valence-corrected chi connectivity index (χ1v) is 10.6. The van der Waals surface area contributed by atoms with E-state index in [1.54, 1.807) is 0 Å². The van der Waals surface area contributed by atoms with Crippen molar-refractivity contribution in [2.24, 2.45) is 11.3 Å². The van der Waals surface area contributed by atoms with Crippen LogP contribution < -0.4 is 4.74 Å². The molecule has 0 spiro atoms. The summed E-state index contributed by atoms with van der Waals surface area (Å²) in [4.78, 5) is 3.35. The minimum atomic E-state index is 0.0697. The van der Waals surface area contributed by atoms with Crippen LogP contribution in [0.5, 0.6) is 5.75 Å². The molecule has 0 bridgehead atoms. The lowest BCUT2D eigenvalue weighted by molar-refractivity contribution is 0.163. The van der Waals surface area contributed by atoms with Crippen molar-refractivity contribution in [1.29, 1.82) is 0 Å². The Morgan fingerprint density at radius 1 is 1.15 bits per heavy atom. The van der Waals surface area contributed by atoms with Crippen LogP contribution in [-0.4, -0.2) is 17.3 Å². The molecular weight excluding hydrogens is 362 g/mol. The second-order valence-corrected chi connectivity index (χ2v) is 10.2. The highest BCUT2D eigenvalue weighted by Gasteiger charge is 2.26. The third-order valence-corrected chi connectivity index (χ3v) is 5.83. The molecule has 0 radical (unpaired) electrons. The molecule has 0 aliphatic heterocycles. The number of aromatic nitrogens is 1. The average Bonchev–Trinajstić information content (AvgIpc) is 2.94. The van der Waals surface area contributed by atoms with Crippen LogP contribution in [0.4, 0.5) is 0 Å². The van der Waals surface area contributed by atoms with E-state index < -0.39 is 0 Å². The molecule has 1 unspecified atom stereocenters. The zero-order chi connectivity index (χ0) is 19.4. The highest BCUT2D eigenvalue weighted by atomic mass is 32.2. The van der Waals surface area contributed by atoms with Gasteiger partial charge < -0.3 is 14.1 Å². The molecule has 1 N–H and O–H groups in total. The molecule has 2 aromatic rings. The van der Waals surface area contributed by atoms with Gasteiger partial charge in [0, 0.05) is 17.9 Å². The zero-order valence-corrected chi connectivity index (χ0v) is 18.4. The van der Waals surface area contributed by atoms with E-state index in [4.69, 9.17) is 21.4 Å². The average molecular weight is 394 g/mol. The van der Waals surface area contributed by atoms with Crippen molar-refractivity contribution in [1.82, 2.24) is 4.98 Å². The van der Waals surface area contributed by atoms with Gasteiger partial charge in [0.15, 0.2) is 0 Å². The highest BCUT2D eigenvalue weighted by molar-refractivity contribution is 7.98. The molecule has 1 atom stereocenters. The summed E-state index contributed by atoms with van der Waals surface area (Å²) in [6.07, 6.45) is 1.84. The van der Waals surface area contributed by atoms with Gasteiger partial charge in [-0.1, -0.05) is 59.7 Å². The van der Waals surface area contributed by atoms with Gasteiger partial charge in [-0.2, -0.15) is 11.8 Å². The fraction of sp³-hybridized carbons (Fsp3) is 0.571. The first-order valence-electron chi connectivity index (χ1n) is 9.05. The number of ether oxygens (including phenoxy) is 1. The van der Waals surface area contributed by atoms with Crippen LogP contribution in [0, 0.1) is 16.2 Å². The van der Waals surface area contributed by atoms with Crippen LogP contribution in [0.25, 0.3) is 0 Å². The molecule has 1 heterocycles. The molecule has 1 aromatic carbocycles. The summed E-state index contributed by atoms with van der Waals surface area (Å²) < 4.78 is 11.7. The molecular formula is C21H31NO2S2. The SMILES string of the molecule is CC(C)(C)c1ccccc1OCC(CSCc1c[nH]c(=S)o1)C(C)(C)C. The molecule has 0 aliphatic rings. The van der Waals surface area contributed by atoms with Crippen LogP contribution in [-0.2, 0) is 11.2 Å². The molecule has 144 valence electrons. The Kier molecular flexibility index (Phi) is 7.03. The van der Waals surface area contributed by atoms with Gasteiger partial charge in [0.05, 0.1) is 12.4 Å². The Morgan fingerprint density at radius 2 is 1.85 bits per heavy atom. The Hall–Kier alpha value is -1.20. The third kappa shape index (κ3) is 6.20. The topological polar surface area (TPSA) is 38.2 Å². The van der Waals surface area contributed by atoms with Crippen molar-refractivity contribution in [2.75, 3.05) is 12.4 Å². The maximum absolute atomic E-state index is 6.30. The number of hydrogen-bond acceptors (Lipinski definition) is 4. The van der Waals surface area contributed by atoms with Gasteiger partial charge in [0.25, 0.3) is 4.84 Å². The lowest BCUT2D eigenvalue weighted by Crippen LogP contribution is -2.29. The standard InChI is InChI=1S/C21H31NO2S2/c1-20(2,3)15(13-26-14-16-11-22-19(25)24-16)12-23-18-10-8-7-9-17(18)21(4,5)6/h7-11,15H,12-14H2,1-6H3,(H,22,25). The minimum Gasteiger partial charge on any atom is -0.493 e. The Bertz CT molecular complexity index is 750. The highest BCUT2D eigenvalue weighted by Crippen LogP contribution is 2.34. The number of H-pyrrole nitrogens is 1. The number of hydrogen-bond donors (Lipinski definition) is 1. The van der Waals surface area contributed by atoms with Crippen LogP contribution in [0.1, 0.15) is 52.9 Å². The van der Waals surface area contributed by atoms with Crippen molar-refractivity contribution < 1.29 is 9.15 Å². The first kappa shape index (κ1) is 21.1. The van der Waals surface area contributed by atoms with E-state index in [1.165, 1.54) is 5.56 Å². The first-order chi connectivity index (χ1) is 12.1. The molecule has 3 nitrogen and oxygen atoms in total. The number of benzene rings is 1. The minimum absolute atomic E-state index is 0.0697. The molecule has 0 fully saturated rings. The van der Waals surface area contributed by atoms with Gasteiger partial charge in [-0.05, 0) is 34.7 Å². The third-order valence-electron chi connectivity index (χ3n) is 4.50. The van der Waals surface area contributed by atoms with Gasteiger partial charge in [-0.3, -0.25) is 0 Å². The van der Waals surface area contributed by atoms with E-state index in [9.17, 15) is 0 Å². The van der Waals surface area contributed by atoms with Gasteiger partial charge in [-0.15, -0.1) is 0 Å². The number of nitrogens with one attached hydrogen (secondary N) is 1. The van der Waals surface area contributed by atoms with Crippen molar-refractivity contribution in [3.05, 3.63) is 46.6 Å². The van der Waals surface area contributed by atoms with Crippen LogP contribution in [0.15, 0.2) is 34.9 Å². The van der Waals surface area contributed by atoms with Crippen molar-refractivity contribution >= 4 is 24.0 Å². The molecule has 26 heavy (non-hydrogen) atoms. The fourth-order valence-corrected chi connectivity index (χ4v) is 4.15. The summed E-state index contributed by atoms with van der Waals surface area (Å²) >= 11 is 6.84. The quantitative estimate of drug-likeness (QED) is 0.537. The number of thioether (sulfide) groups is 1.